The number of rotatable bonds is 20. The smallest absolute Gasteiger partial charge is 0.328 e. The number of aldehydes is 2. The Bertz CT molecular complexity index is 1650. The molecule has 262 valence electrons. The zero-order valence-electron chi connectivity index (χ0n) is 28.1. The van der Waals surface area contributed by atoms with Gasteiger partial charge in [-0.25, -0.2) is 9.79 Å². The number of nitrogens with two attached hydrogens (primary N) is 3. The number of aromatic nitrogens is 1. The van der Waals surface area contributed by atoms with Gasteiger partial charge in [0.2, 0.25) is 0 Å². The zero-order valence-corrected chi connectivity index (χ0v) is 28.1. The maximum atomic E-state index is 12.2. The number of carboxylic acids is 1. The number of H-pyrrole nitrogens is 1. The molecule has 11 nitrogen and oxygen atoms in total. The lowest BCUT2D eigenvalue weighted by atomic mass is 9.72. The molecule has 0 aliphatic heterocycles. The predicted octanol–water partition coefficient (Wildman–Crippen LogP) is 4.65. The fraction of sp³-hybridized carbons (Fsp3) is 0.421. The number of aliphatic hydroxyl groups excluding tert-OH is 1. The summed E-state index contributed by atoms with van der Waals surface area (Å²) in [7, 11) is 0. The van der Waals surface area contributed by atoms with Crippen molar-refractivity contribution in [3.63, 3.8) is 0 Å². The summed E-state index contributed by atoms with van der Waals surface area (Å²) in [5.74, 6) is -0.605. The second-order valence-corrected chi connectivity index (χ2v) is 13.1. The monoisotopic (exact) mass is 670 g/mol. The number of carbonyl (C=O) groups excluding carboxylic acids is 2. The molecule has 1 aliphatic carbocycles. The van der Waals surface area contributed by atoms with E-state index >= 15 is 0 Å². The number of aliphatic carboxylic acids is 1. The van der Waals surface area contributed by atoms with Crippen molar-refractivity contribution in [2.24, 2.45) is 34.0 Å². The second kappa shape index (κ2) is 18.1. The van der Waals surface area contributed by atoms with Gasteiger partial charge in [-0.2, -0.15) is 0 Å². The summed E-state index contributed by atoms with van der Waals surface area (Å²) in [5, 5.41) is 25.5. The van der Waals surface area contributed by atoms with Gasteiger partial charge in [0, 0.05) is 37.3 Å². The number of nitrogens with one attached hydrogen (secondary N) is 2. The SMILES string of the molecule is CC(C=O)CCC(N)CCCC1c2cc3cc(CC=O)ccc3cc2C=CC1CC(Nc1ccc[nH]1)C(=CC(=O)O)C(CCO)N=C(N)N. The number of hydrogen-bond donors (Lipinski definition) is 7. The number of hydrogen-bond acceptors (Lipinski definition) is 7. The van der Waals surface area contributed by atoms with Crippen LogP contribution in [0, 0.1) is 11.8 Å². The molecule has 0 fully saturated rings. The quantitative estimate of drug-likeness (QED) is 0.0385. The Morgan fingerprint density at radius 3 is 2.57 bits per heavy atom. The normalized spacial score (nSPS) is 18.2. The largest absolute Gasteiger partial charge is 0.478 e. The van der Waals surface area contributed by atoms with Gasteiger partial charge in [0.1, 0.15) is 18.4 Å². The Morgan fingerprint density at radius 2 is 1.90 bits per heavy atom. The third-order valence-electron chi connectivity index (χ3n) is 9.40. The molecule has 0 radical (unpaired) electrons. The summed E-state index contributed by atoms with van der Waals surface area (Å²) in [4.78, 5) is 42.1. The number of benzene rings is 2. The van der Waals surface area contributed by atoms with E-state index < -0.39 is 18.1 Å². The van der Waals surface area contributed by atoms with Crippen molar-refractivity contribution in [1.82, 2.24) is 4.98 Å². The van der Waals surface area contributed by atoms with Crippen molar-refractivity contribution in [3.8, 4) is 0 Å². The number of carboxylic acid groups (broad SMARTS) is 1. The molecule has 4 rings (SSSR count). The number of anilines is 1. The van der Waals surface area contributed by atoms with Gasteiger partial charge in [0.15, 0.2) is 5.96 Å². The van der Waals surface area contributed by atoms with Crippen LogP contribution in [0.3, 0.4) is 0 Å². The van der Waals surface area contributed by atoms with Gasteiger partial charge < -0.3 is 47.3 Å². The molecule has 0 spiro atoms. The highest BCUT2D eigenvalue weighted by Crippen LogP contribution is 2.43. The Hall–Kier alpha value is -4.74. The van der Waals surface area contributed by atoms with Gasteiger partial charge >= 0.3 is 5.97 Å². The first-order valence-electron chi connectivity index (χ1n) is 17.0. The molecule has 0 saturated carbocycles. The molecule has 1 heterocycles. The van der Waals surface area contributed by atoms with E-state index in [4.69, 9.17) is 17.2 Å². The molecule has 49 heavy (non-hydrogen) atoms. The van der Waals surface area contributed by atoms with E-state index in [1.54, 1.807) is 6.20 Å². The first kappa shape index (κ1) is 37.1. The molecular formula is C38H50N6O5. The number of aliphatic hydroxyl groups is 1. The van der Waals surface area contributed by atoms with E-state index in [1.807, 2.05) is 31.2 Å². The first-order chi connectivity index (χ1) is 23.6. The lowest BCUT2D eigenvalue weighted by Gasteiger charge is -2.35. The summed E-state index contributed by atoms with van der Waals surface area (Å²) in [6.07, 6.45) is 14.2. The molecule has 0 amide bonds. The standard InChI is InChI=1S/C38H50N6O5/c1-24(23-47)7-12-30(39)4-2-5-31-28(11-10-27-19-26-9-8-25(13-16-45)18-29(26)20-32(27)31)21-35(43-36-6-3-15-42-36)33(22-37(48)49)34(14-17-46)44-38(40)41/h3,6,8-11,15-16,18-20,22-24,28,30-31,34-35,42-43,46H,2,4-5,7,12-14,17,21,39H2,1H3,(H,48,49)(H4,40,41,44). The first-order valence-corrected chi connectivity index (χ1v) is 17.0. The van der Waals surface area contributed by atoms with Crippen LogP contribution in [0.2, 0.25) is 0 Å². The summed E-state index contributed by atoms with van der Waals surface area (Å²) in [6, 6.07) is 12.9. The van der Waals surface area contributed by atoms with Crippen molar-refractivity contribution in [2.45, 2.75) is 82.3 Å². The van der Waals surface area contributed by atoms with Gasteiger partial charge in [-0.3, -0.25) is 0 Å². The molecule has 11 heteroatoms. The summed E-state index contributed by atoms with van der Waals surface area (Å²) >= 11 is 0. The van der Waals surface area contributed by atoms with Crippen molar-refractivity contribution in [1.29, 1.82) is 0 Å². The van der Waals surface area contributed by atoms with Gasteiger partial charge in [-0.05, 0) is 102 Å². The number of fused-ring (bicyclic) bond motifs is 2. The van der Waals surface area contributed by atoms with E-state index in [0.29, 0.717) is 24.2 Å². The fourth-order valence-electron chi connectivity index (χ4n) is 6.90. The highest BCUT2D eigenvalue weighted by Gasteiger charge is 2.32. The van der Waals surface area contributed by atoms with E-state index in [1.165, 1.54) is 5.56 Å². The minimum absolute atomic E-state index is 0.0195. The summed E-state index contributed by atoms with van der Waals surface area (Å²) in [5.41, 5.74) is 21.8. The van der Waals surface area contributed by atoms with E-state index in [-0.39, 0.29) is 42.8 Å². The lowest BCUT2D eigenvalue weighted by molar-refractivity contribution is -0.131. The van der Waals surface area contributed by atoms with Gasteiger partial charge in [-0.1, -0.05) is 49.8 Å². The van der Waals surface area contributed by atoms with E-state index in [0.717, 1.165) is 72.7 Å². The number of aliphatic imine (C=N–C) groups is 1. The van der Waals surface area contributed by atoms with Gasteiger partial charge in [-0.15, -0.1) is 0 Å². The average Bonchev–Trinajstić information content (AvgIpc) is 3.58. The van der Waals surface area contributed by atoms with E-state index in [9.17, 15) is 24.6 Å². The summed E-state index contributed by atoms with van der Waals surface area (Å²) < 4.78 is 0. The van der Waals surface area contributed by atoms with Crippen molar-refractivity contribution >= 4 is 47.2 Å². The minimum atomic E-state index is -1.14. The van der Waals surface area contributed by atoms with Crippen molar-refractivity contribution in [2.75, 3.05) is 11.9 Å². The number of guanidine groups is 1. The van der Waals surface area contributed by atoms with Crippen LogP contribution in [0.5, 0.6) is 0 Å². The molecule has 1 aromatic heterocycles. The Morgan fingerprint density at radius 1 is 1.08 bits per heavy atom. The predicted molar refractivity (Wildman–Crippen MR) is 195 cm³/mol. The minimum Gasteiger partial charge on any atom is -0.478 e. The summed E-state index contributed by atoms with van der Waals surface area (Å²) in [6.45, 7) is 1.67. The molecular weight excluding hydrogens is 620 g/mol. The Kier molecular flexibility index (Phi) is 13.7. The third kappa shape index (κ3) is 10.6. The number of aromatic amines is 1. The number of carbonyl (C=O) groups is 3. The Balaban J connectivity index is 1.73. The van der Waals surface area contributed by atoms with Crippen LogP contribution >= 0.6 is 0 Å². The molecule has 1 aliphatic rings. The van der Waals surface area contributed by atoms with E-state index in [2.05, 4.69) is 45.6 Å². The molecule has 10 N–H and O–H groups in total. The highest BCUT2D eigenvalue weighted by atomic mass is 16.4. The van der Waals surface area contributed by atoms with Crippen LogP contribution in [-0.4, -0.2) is 64.4 Å². The van der Waals surface area contributed by atoms with Crippen LogP contribution in [0.1, 0.15) is 74.5 Å². The molecule has 3 aromatic rings. The Labute approximate surface area is 287 Å². The highest BCUT2D eigenvalue weighted by molar-refractivity contribution is 5.88. The third-order valence-corrected chi connectivity index (χ3v) is 9.40. The van der Waals surface area contributed by atoms with Gasteiger partial charge in [0.05, 0.1) is 12.1 Å². The van der Waals surface area contributed by atoms with Crippen LogP contribution in [0.15, 0.2) is 71.4 Å². The fourth-order valence-corrected chi connectivity index (χ4v) is 6.90. The topological polar surface area (TPSA) is 210 Å². The second-order valence-electron chi connectivity index (χ2n) is 13.1. The van der Waals surface area contributed by atoms with Gasteiger partial charge in [0.25, 0.3) is 0 Å². The van der Waals surface area contributed by atoms with Crippen molar-refractivity contribution in [3.05, 3.63) is 83.1 Å². The van der Waals surface area contributed by atoms with Crippen molar-refractivity contribution < 1.29 is 24.6 Å². The molecule has 0 saturated heterocycles. The van der Waals surface area contributed by atoms with Crippen LogP contribution in [0.25, 0.3) is 16.8 Å². The van der Waals surface area contributed by atoms with Crippen LogP contribution in [-0.2, 0) is 20.8 Å². The molecule has 0 bridgehead atoms. The molecule has 6 atom stereocenters. The zero-order chi connectivity index (χ0) is 35.3. The maximum Gasteiger partial charge on any atom is 0.328 e. The van der Waals surface area contributed by atoms with Crippen LogP contribution in [0.4, 0.5) is 5.82 Å². The molecule has 2 aromatic carbocycles. The molecule has 6 unspecified atom stereocenters. The maximum absolute atomic E-state index is 12.2. The average molecular weight is 671 g/mol. The number of allylic oxidation sites excluding steroid dienone is 1. The number of nitrogens with zero attached hydrogens (tertiary/aromatic N) is 1. The van der Waals surface area contributed by atoms with Crippen LogP contribution < -0.4 is 22.5 Å². The lowest BCUT2D eigenvalue weighted by Crippen LogP contribution is -2.35.